The molecule has 1 atom stereocenters. The van der Waals surface area contributed by atoms with Crippen LogP contribution in [0, 0.1) is 0 Å². The zero-order chi connectivity index (χ0) is 11.3. The standard InChI is InChI=1S/C9H16N2O4/c10-7(9(13)14)3-4-8(12)15-11-5-1-2-6-11/h7H,1-6,10H2,(H,13,14)/t7-/m0/s1. The van der Waals surface area contributed by atoms with Crippen molar-refractivity contribution in [3.63, 3.8) is 0 Å². The third-order valence-corrected chi connectivity index (χ3v) is 2.27. The van der Waals surface area contributed by atoms with Crippen LogP contribution in [0.25, 0.3) is 0 Å². The largest absolute Gasteiger partial charge is 0.480 e. The lowest BCUT2D eigenvalue weighted by atomic mass is 10.2. The molecule has 0 aromatic heterocycles. The molecule has 6 nitrogen and oxygen atoms in total. The van der Waals surface area contributed by atoms with Gasteiger partial charge in [0.25, 0.3) is 0 Å². The summed E-state index contributed by atoms with van der Waals surface area (Å²) in [4.78, 5) is 26.6. The van der Waals surface area contributed by atoms with Crippen LogP contribution >= 0.6 is 0 Å². The molecular formula is C9H16N2O4. The fourth-order valence-electron chi connectivity index (χ4n) is 1.37. The summed E-state index contributed by atoms with van der Waals surface area (Å²) < 4.78 is 0. The van der Waals surface area contributed by atoms with Crippen molar-refractivity contribution < 1.29 is 19.5 Å². The molecule has 15 heavy (non-hydrogen) atoms. The monoisotopic (exact) mass is 216 g/mol. The van der Waals surface area contributed by atoms with Gasteiger partial charge in [0.2, 0.25) is 0 Å². The fraction of sp³-hybridized carbons (Fsp3) is 0.778. The van der Waals surface area contributed by atoms with Gasteiger partial charge < -0.3 is 15.7 Å². The van der Waals surface area contributed by atoms with E-state index in [0.29, 0.717) is 0 Å². The van der Waals surface area contributed by atoms with Gasteiger partial charge in [-0.15, -0.1) is 5.06 Å². The van der Waals surface area contributed by atoms with Gasteiger partial charge in [0.05, 0.1) is 0 Å². The zero-order valence-electron chi connectivity index (χ0n) is 8.52. The van der Waals surface area contributed by atoms with Crippen molar-refractivity contribution in [3.8, 4) is 0 Å². The Bertz CT molecular complexity index is 238. The van der Waals surface area contributed by atoms with Crippen molar-refractivity contribution in [2.75, 3.05) is 13.1 Å². The summed E-state index contributed by atoms with van der Waals surface area (Å²) in [6, 6.07) is -0.990. The first-order chi connectivity index (χ1) is 7.09. The molecule has 0 saturated carbocycles. The maximum Gasteiger partial charge on any atom is 0.325 e. The molecule has 0 aromatic rings. The van der Waals surface area contributed by atoms with Gasteiger partial charge in [0.1, 0.15) is 6.04 Å². The van der Waals surface area contributed by atoms with Gasteiger partial charge in [-0.05, 0) is 19.3 Å². The van der Waals surface area contributed by atoms with Gasteiger partial charge in [-0.1, -0.05) is 0 Å². The number of carbonyl (C=O) groups is 2. The van der Waals surface area contributed by atoms with Crippen LogP contribution < -0.4 is 5.73 Å². The quantitative estimate of drug-likeness (QED) is 0.657. The minimum atomic E-state index is -1.09. The second-order valence-corrected chi connectivity index (χ2v) is 3.58. The molecule has 0 amide bonds. The number of nitrogens with zero attached hydrogens (tertiary/aromatic N) is 1. The van der Waals surface area contributed by atoms with Crippen LogP contribution in [0.4, 0.5) is 0 Å². The number of hydrogen-bond acceptors (Lipinski definition) is 5. The van der Waals surface area contributed by atoms with Gasteiger partial charge in [0.15, 0.2) is 0 Å². The van der Waals surface area contributed by atoms with Gasteiger partial charge in [-0.3, -0.25) is 9.59 Å². The number of nitrogens with two attached hydrogens (primary N) is 1. The highest BCUT2D eigenvalue weighted by Gasteiger charge is 2.18. The van der Waals surface area contributed by atoms with E-state index in [-0.39, 0.29) is 12.8 Å². The summed E-state index contributed by atoms with van der Waals surface area (Å²) in [6.07, 6.45) is 2.22. The number of hydrogen-bond donors (Lipinski definition) is 2. The lowest BCUT2D eigenvalue weighted by molar-refractivity contribution is -0.185. The second kappa shape index (κ2) is 5.67. The molecule has 1 saturated heterocycles. The predicted molar refractivity (Wildman–Crippen MR) is 51.7 cm³/mol. The summed E-state index contributed by atoms with van der Waals surface area (Å²) in [5.41, 5.74) is 5.25. The molecule has 0 radical (unpaired) electrons. The van der Waals surface area contributed by atoms with Crippen LogP contribution in [0.2, 0.25) is 0 Å². The average molecular weight is 216 g/mol. The minimum Gasteiger partial charge on any atom is -0.480 e. The summed E-state index contributed by atoms with van der Waals surface area (Å²) in [5.74, 6) is -1.50. The number of hydroxylamine groups is 2. The molecule has 6 heteroatoms. The Morgan fingerprint density at radius 1 is 1.40 bits per heavy atom. The van der Waals surface area contributed by atoms with E-state index in [2.05, 4.69) is 0 Å². The predicted octanol–water partition coefficient (Wildman–Crippen LogP) is -0.268. The van der Waals surface area contributed by atoms with Crippen molar-refractivity contribution >= 4 is 11.9 Å². The third-order valence-electron chi connectivity index (χ3n) is 2.27. The van der Waals surface area contributed by atoms with Crippen LogP contribution in [0.5, 0.6) is 0 Å². The van der Waals surface area contributed by atoms with Crippen LogP contribution in [-0.4, -0.2) is 41.2 Å². The molecular weight excluding hydrogens is 200 g/mol. The van der Waals surface area contributed by atoms with E-state index in [1.165, 1.54) is 0 Å². The molecule has 1 fully saturated rings. The summed E-state index contributed by atoms with van der Waals surface area (Å²) in [6.45, 7) is 1.52. The maximum atomic E-state index is 11.2. The molecule has 0 bridgehead atoms. The number of rotatable bonds is 5. The van der Waals surface area contributed by atoms with E-state index in [4.69, 9.17) is 15.7 Å². The fourth-order valence-corrected chi connectivity index (χ4v) is 1.37. The Morgan fingerprint density at radius 3 is 2.53 bits per heavy atom. The van der Waals surface area contributed by atoms with Crippen molar-refractivity contribution in [3.05, 3.63) is 0 Å². The summed E-state index contributed by atoms with van der Waals surface area (Å²) in [7, 11) is 0. The Labute approximate surface area is 87.9 Å². The molecule has 0 aromatic carbocycles. The molecule has 1 heterocycles. The molecule has 1 aliphatic rings. The normalized spacial score (nSPS) is 18.7. The number of aliphatic carboxylic acids is 1. The number of carboxylic acids is 1. The highest BCUT2D eigenvalue weighted by molar-refractivity contribution is 5.75. The van der Waals surface area contributed by atoms with Crippen LogP contribution in [-0.2, 0) is 14.4 Å². The highest BCUT2D eigenvalue weighted by atomic mass is 16.7. The van der Waals surface area contributed by atoms with Crippen LogP contribution in [0.15, 0.2) is 0 Å². The van der Waals surface area contributed by atoms with Gasteiger partial charge >= 0.3 is 11.9 Å². The molecule has 0 spiro atoms. The third kappa shape index (κ3) is 4.26. The first-order valence-corrected chi connectivity index (χ1v) is 5.03. The summed E-state index contributed by atoms with van der Waals surface area (Å²) in [5, 5.41) is 10.1. The SMILES string of the molecule is N[C@@H](CCC(=O)ON1CCCC1)C(=O)O. The Hall–Kier alpha value is -1.14. The number of carbonyl (C=O) groups excluding carboxylic acids is 1. The maximum absolute atomic E-state index is 11.2. The minimum absolute atomic E-state index is 0.0456. The zero-order valence-corrected chi connectivity index (χ0v) is 8.52. The smallest absolute Gasteiger partial charge is 0.325 e. The van der Waals surface area contributed by atoms with Crippen molar-refractivity contribution in [2.24, 2.45) is 5.73 Å². The van der Waals surface area contributed by atoms with E-state index in [0.717, 1.165) is 25.9 Å². The summed E-state index contributed by atoms with van der Waals surface area (Å²) >= 11 is 0. The Balaban J connectivity index is 2.15. The van der Waals surface area contributed by atoms with Crippen LogP contribution in [0.1, 0.15) is 25.7 Å². The Kier molecular flexibility index (Phi) is 4.51. The van der Waals surface area contributed by atoms with Crippen molar-refractivity contribution in [2.45, 2.75) is 31.7 Å². The van der Waals surface area contributed by atoms with E-state index in [1.54, 1.807) is 5.06 Å². The van der Waals surface area contributed by atoms with Gasteiger partial charge in [-0.2, -0.15) is 0 Å². The molecule has 86 valence electrons. The number of carboxylic acid groups (broad SMARTS) is 1. The molecule has 1 aliphatic heterocycles. The molecule has 0 aliphatic carbocycles. The molecule has 1 rings (SSSR count). The Morgan fingerprint density at radius 2 is 2.00 bits per heavy atom. The first-order valence-electron chi connectivity index (χ1n) is 5.03. The lowest BCUT2D eigenvalue weighted by Gasteiger charge is -2.14. The second-order valence-electron chi connectivity index (χ2n) is 3.58. The van der Waals surface area contributed by atoms with Crippen molar-refractivity contribution in [1.82, 2.24) is 5.06 Å². The molecule has 3 N–H and O–H groups in total. The van der Waals surface area contributed by atoms with E-state index in [9.17, 15) is 9.59 Å². The highest BCUT2D eigenvalue weighted by Crippen LogP contribution is 2.09. The van der Waals surface area contributed by atoms with E-state index in [1.807, 2.05) is 0 Å². The van der Waals surface area contributed by atoms with E-state index >= 15 is 0 Å². The van der Waals surface area contributed by atoms with Gasteiger partial charge in [0, 0.05) is 19.5 Å². The topological polar surface area (TPSA) is 92.9 Å². The van der Waals surface area contributed by atoms with Crippen molar-refractivity contribution in [1.29, 1.82) is 0 Å². The van der Waals surface area contributed by atoms with E-state index < -0.39 is 18.0 Å². The lowest BCUT2D eigenvalue weighted by Crippen LogP contribution is -2.31. The van der Waals surface area contributed by atoms with Crippen LogP contribution in [0.3, 0.4) is 0 Å². The first kappa shape index (κ1) is 11.9. The average Bonchev–Trinajstić information content (AvgIpc) is 2.66. The van der Waals surface area contributed by atoms with Gasteiger partial charge in [-0.25, -0.2) is 0 Å². The molecule has 0 unspecified atom stereocenters.